The molecule has 9 nitrogen and oxygen atoms in total. The molecule has 0 spiro atoms. The second kappa shape index (κ2) is 8.51. The number of carbonyl (C=O) groups excluding carboxylic acids is 1. The first-order chi connectivity index (χ1) is 15.6. The van der Waals surface area contributed by atoms with Crippen molar-refractivity contribution in [2.75, 3.05) is 36.8 Å². The average molecular weight is 451 g/mol. The van der Waals surface area contributed by atoms with Crippen LogP contribution in [0.15, 0.2) is 48.8 Å². The van der Waals surface area contributed by atoms with E-state index >= 15 is 0 Å². The molecule has 10 heteroatoms. The fourth-order valence-corrected chi connectivity index (χ4v) is 4.15. The van der Waals surface area contributed by atoms with E-state index < -0.39 is 0 Å². The molecule has 1 atom stereocenters. The maximum absolute atomic E-state index is 11.8. The van der Waals surface area contributed by atoms with Crippen LogP contribution in [0.4, 0.5) is 16.4 Å². The molecule has 0 saturated carbocycles. The summed E-state index contributed by atoms with van der Waals surface area (Å²) in [6, 6.07) is 11.5. The Bertz CT molecular complexity index is 1290. The van der Waals surface area contributed by atoms with Crippen molar-refractivity contribution in [3.8, 4) is 0 Å². The standard InChI is InChI=1S/C22H23ClN8O/c1-14(28-19-5-7-24-18-6-8-27-31(18)19)16-13-15-3-2-4-17(23)20(15)29-21(16)25-9-11-30-12-10-26-22(30)32/h2-8,13-14,28H,9-12H2,1H3,(H,25,29)(H,26,32)/t14-/m0/s1. The SMILES string of the molecule is C[C@H](Nc1ccnc2ccnn12)c1cc2cccc(Cl)c2nc1NCCN1CCNC1=O. The van der Waals surface area contributed by atoms with Crippen LogP contribution in [0.1, 0.15) is 18.5 Å². The second-order valence-corrected chi connectivity index (χ2v) is 8.09. The minimum Gasteiger partial charge on any atom is -0.368 e. The third-order valence-corrected chi connectivity index (χ3v) is 5.87. The van der Waals surface area contributed by atoms with Gasteiger partial charge in [0, 0.05) is 49.4 Å². The highest BCUT2D eigenvalue weighted by molar-refractivity contribution is 6.35. The molecular formula is C22H23ClN8O. The van der Waals surface area contributed by atoms with Gasteiger partial charge >= 0.3 is 6.03 Å². The van der Waals surface area contributed by atoms with E-state index in [1.165, 1.54) is 0 Å². The minimum atomic E-state index is -0.0849. The molecule has 32 heavy (non-hydrogen) atoms. The summed E-state index contributed by atoms with van der Waals surface area (Å²) in [5.74, 6) is 1.56. The number of hydrogen-bond donors (Lipinski definition) is 3. The molecule has 3 aromatic heterocycles. The molecule has 3 N–H and O–H groups in total. The van der Waals surface area contributed by atoms with Gasteiger partial charge < -0.3 is 20.9 Å². The van der Waals surface area contributed by atoms with Crippen LogP contribution in [0.25, 0.3) is 16.6 Å². The molecule has 1 aliphatic heterocycles. The van der Waals surface area contributed by atoms with Crippen molar-refractivity contribution in [1.82, 2.24) is 29.8 Å². The number of para-hydroxylation sites is 1. The normalized spacial score (nSPS) is 14.7. The number of nitrogens with one attached hydrogen (secondary N) is 3. The zero-order chi connectivity index (χ0) is 22.1. The van der Waals surface area contributed by atoms with Gasteiger partial charge in [-0.3, -0.25) is 0 Å². The monoisotopic (exact) mass is 450 g/mol. The van der Waals surface area contributed by atoms with Crippen LogP contribution in [-0.2, 0) is 0 Å². The van der Waals surface area contributed by atoms with Gasteiger partial charge in [0.15, 0.2) is 5.65 Å². The van der Waals surface area contributed by atoms with Crippen molar-refractivity contribution >= 4 is 45.8 Å². The number of urea groups is 1. The van der Waals surface area contributed by atoms with Gasteiger partial charge in [-0.05, 0) is 25.1 Å². The Morgan fingerprint density at radius 1 is 1.25 bits per heavy atom. The average Bonchev–Trinajstić information content (AvgIpc) is 3.43. The van der Waals surface area contributed by atoms with Crippen LogP contribution in [0.3, 0.4) is 0 Å². The van der Waals surface area contributed by atoms with Crippen LogP contribution in [0.2, 0.25) is 5.02 Å². The molecule has 1 fully saturated rings. The zero-order valence-electron chi connectivity index (χ0n) is 17.5. The lowest BCUT2D eigenvalue weighted by atomic mass is 10.1. The van der Waals surface area contributed by atoms with Gasteiger partial charge in [0.1, 0.15) is 11.6 Å². The maximum Gasteiger partial charge on any atom is 0.317 e. The number of benzene rings is 1. The Labute approximate surface area is 189 Å². The van der Waals surface area contributed by atoms with E-state index in [-0.39, 0.29) is 12.1 Å². The lowest BCUT2D eigenvalue weighted by Crippen LogP contribution is -2.32. The molecule has 0 radical (unpaired) electrons. The Morgan fingerprint density at radius 3 is 3.00 bits per heavy atom. The number of aromatic nitrogens is 4. The highest BCUT2D eigenvalue weighted by Gasteiger charge is 2.20. The van der Waals surface area contributed by atoms with Gasteiger partial charge in [-0.15, -0.1) is 0 Å². The van der Waals surface area contributed by atoms with Gasteiger partial charge in [-0.2, -0.15) is 9.61 Å². The molecule has 1 aromatic carbocycles. The number of nitrogens with zero attached hydrogens (tertiary/aromatic N) is 5. The lowest BCUT2D eigenvalue weighted by molar-refractivity contribution is 0.219. The topological polar surface area (TPSA) is 99.5 Å². The van der Waals surface area contributed by atoms with Crippen LogP contribution in [0.5, 0.6) is 0 Å². The molecule has 4 aromatic rings. The van der Waals surface area contributed by atoms with Crippen molar-refractivity contribution in [3.05, 3.63) is 59.4 Å². The van der Waals surface area contributed by atoms with Gasteiger partial charge in [0.2, 0.25) is 0 Å². The molecule has 1 aliphatic rings. The van der Waals surface area contributed by atoms with E-state index in [9.17, 15) is 4.79 Å². The molecule has 1 saturated heterocycles. The summed E-state index contributed by atoms with van der Waals surface area (Å²) in [6.07, 6.45) is 3.48. The van der Waals surface area contributed by atoms with Gasteiger partial charge in [-0.25, -0.2) is 14.8 Å². The number of hydrogen-bond acceptors (Lipinski definition) is 6. The van der Waals surface area contributed by atoms with E-state index in [1.807, 2.05) is 30.3 Å². The molecule has 4 heterocycles. The summed E-state index contributed by atoms with van der Waals surface area (Å²) in [4.78, 5) is 22.8. The largest absolute Gasteiger partial charge is 0.368 e. The predicted molar refractivity (Wildman–Crippen MR) is 125 cm³/mol. The number of rotatable bonds is 7. The Balaban J connectivity index is 1.45. The summed E-state index contributed by atoms with van der Waals surface area (Å²) >= 11 is 6.41. The van der Waals surface area contributed by atoms with E-state index in [0.29, 0.717) is 31.2 Å². The first kappa shape index (κ1) is 20.3. The number of pyridine rings is 1. The Morgan fingerprint density at radius 2 is 2.16 bits per heavy atom. The summed E-state index contributed by atoms with van der Waals surface area (Å²) in [7, 11) is 0. The summed E-state index contributed by atoms with van der Waals surface area (Å²) in [6.45, 7) is 4.64. The highest BCUT2D eigenvalue weighted by atomic mass is 35.5. The number of carbonyl (C=O) groups is 1. The number of amides is 2. The summed E-state index contributed by atoms with van der Waals surface area (Å²) in [5.41, 5.74) is 2.50. The quantitative estimate of drug-likeness (QED) is 0.398. The van der Waals surface area contributed by atoms with Crippen molar-refractivity contribution in [3.63, 3.8) is 0 Å². The van der Waals surface area contributed by atoms with Crippen molar-refractivity contribution < 1.29 is 4.79 Å². The van der Waals surface area contributed by atoms with Crippen molar-refractivity contribution in [1.29, 1.82) is 0 Å². The van der Waals surface area contributed by atoms with Crippen molar-refractivity contribution in [2.24, 2.45) is 0 Å². The van der Waals surface area contributed by atoms with Gasteiger partial charge in [0.25, 0.3) is 0 Å². The molecule has 0 unspecified atom stereocenters. The molecule has 5 rings (SSSR count). The first-order valence-electron chi connectivity index (χ1n) is 10.5. The van der Waals surface area contributed by atoms with E-state index in [1.54, 1.807) is 21.8 Å². The maximum atomic E-state index is 11.8. The third kappa shape index (κ3) is 3.87. The number of anilines is 2. The highest BCUT2D eigenvalue weighted by Crippen LogP contribution is 2.31. The lowest BCUT2D eigenvalue weighted by Gasteiger charge is -2.21. The van der Waals surface area contributed by atoms with Crippen LogP contribution in [0, 0.1) is 0 Å². The van der Waals surface area contributed by atoms with Crippen LogP contribution in [-0.4, -0.2) is 56.7 Å². The van der Waals surface area contributed by atoms with E-state index in [0.717, 1.165) is 33.7 Å². The second-order valence-electron chi connectivity index (χ2n) is 7.68. The minimum absolute atomic E-state index is 0.0301. The zero-order valence-corrected chi connectivity index (χ0v) is 18.3. The Hall–Kier alpha value is -3.59. The molecule has 2 amide bonds. The van der Waals surface area contributed by atoms with E-state index in [2.05, 4.69) is 39.0 Å². The smallest absolute Gasteiger partial charge is 0.317 e. The number of halogens is 1. The first-order valence-corrected chi connectivity index (χ1v) is 10.9. The molecule has 0 bridgehead atoms. The molecule has 164 valence electrons. The Kier molecular flexibility index (Phi) is 5.40. The van der Waals surface area contributed by atoms with Crippen LogP contribution < -0.4 is 16.0 Å². The van der Waals surface area contributed by atoms with Gasteiger partial charge in [0.05, 0.1) is 22.8 Å². The molecular weight excluding hydrogens is 428 g/mol. The number of fused-ring (bicyclic) bond motifs is 2. The summed E-state index contributed by atoms with van der Waals surface area (Å²) < 4.78 is 1.76. The summed E-state index contributed by atoms with van der Waals surface area (Å²) in [5, 5.41) is 15.7. The van der Waals surface area contributed by atoms with Crippen LogP contribution >= 0.6 is 11.6 Å². The fraction of sp³-hybridized carbons (Fsp3) is 0.273. The van der Waals surface area contributed by atoms with Crippen molar-refractivity contribution in [2.45, 2.75) is 13.0 Å². The predicted octanol–water partition coefficient (Wildman–Crippen LogP) is 3.54. The van der Waals surface area contributed by atoms with Gasteiger partial charge in [-0.1, -0.05) is 23.7 Å². The molecule has 0 aliphatic carbocycles. The fourth-order valence-electron chi connectivity index (χ4n) is 3.93. The third-order valence-electron chi connectivity index (χ3n) is 5.57. The van der Waals surface area contributed by atoms with E-state index in [4.69, 9.17) is 16.6 Å².